The summed E-state index contributed by atoms with van der Waals surface area (Å²) in [6, 6.07) is 15.4. The highest BCUT2D eigenvalue weighted by atomic mass is 16.5. The largest absolute Gasteiger partial charge is 0.467 e. The number of benzene rings is 2. The maximum atomic E-state index is 13.7. The number of aromatic amines is 1. The number of rotatable bonds is 9. The number of aromatic nitrogens is 6. The molecule has 4 aromatic rings. The molecule has 1 aliphatic rings. The summed E-state index contributed by atoms with van der Waals surface area (Å²) in [5.74, 6) is 0.238. The van der Waals surface area contributed by atoms with Crippen LogP contribution in [-0.2, 0) is 22.4 Å². The summed E-state index contributed by atoms with van der Waals surface area (Å²) in [4.78, 5) is 26.4. The molecule has 2 aromatic heterocycles. The second kappa shape index (κ2) is 11.0. The Morgan fingerprint density at radius 2 is 1.79 bits per heavy atom. The van der Waals surface area contributed by atoms with Gasteiger partial charge in [0.2, 0.25) is 0 Å². The average Bonchev–Trinajstić information content (AvgIpc) is 3.57. The molecular weight excluding hydrogens is 480 g/mol. The molecule has 2 aromatic carbocycles. The van der Waals surface area contributed by atoms with Crippen LogP contribution < -0.4 is 5.56 Å². The predicted molar refractivity (Wildman–Crippen MR) is 145 cm³/mol. The topological polar surface area (TPSA) is 108 Å². The zero-order valence-corrected chi connectivity index (χ0v) is 21.9. The van der Waals surface area contributed by atoms with E-state index in [1.807, 2.05) is 48.0 Å². The Kier molecular flexibility index (Phi) is 7.35. The van der Waals surface area contributed by atoms with Crippen LogP contribution in [0.15, 0.2) is 65.5 Å². The van der Waals surface area contributed by atoms with Crippen LogP contribution in [0.25, 0.3) is 22.5 Å². The smallest absolute Gasteiger partial charge is 0.334 e. The summed E-state index contributed by atoms with van der Waals surface area (Å²) in [5, 5.41) is 14.3. The van der Waals surface area contributed by atoms with Crippen molar-refractivity contribution in [2.45, 2.75) is 58.0 Å². The number of ether oxygens (including phenoxy) is 1. The predicted octanol–water partition coefficient (Wildman–Crippen LogP) is 4.67. The number of methoxy groups -OCH3 is 1. The number of fused-ring (bicyclic) bond motifs is 1. The molecule has 0 bridgehead atoms. The Bertz CT molecular complexity index is 1500. The molecule has 0 aliphatic carbocycles. The van der Waals surface area contributed by atoms with Gasteiger partial charge in [0.15, 0.2) is 11.9 Å². The third-order valence-corrected chi connectivity index (χ3v) is 7.18. The normalized spacial score (nSPS) is 16.4. The van der Waals surface area contributed by atoms with Crippen molar-refractivity contribution in [3.63, 3.8) is 0 Å². The van der Waals surface area contributed by atoms with Gasteiger partial charge in [-0.05, 0) is 46.9 Å². The highest BCUT2D eigenvalue weighted by Gasteiger charge is 2.32. The molecule has 9 nitrogen and oxygen atoms in total. The minimum atomic E-state index is -0.640. The molecule has 0 radical (unpaired) electrons. The van der Waals surface area contributed by atoms with E-state index in [0.29, 0.717) is 12.2 Å². The Morgan fingerprint density at radius 3 is 2.47 bits per heavy atom. The number of H-pyrrole nitrogens is 1. The Labute approximate surface area is 221 Å². The van der Waals surface area contributed by atoms with Gasteiger partial charge in [-0.3, -0.25) is 9.48 Å². The van der Waals surface area contributed by atoms with E-state index in [1.54, 1.807) is 4.68 Å². The maximum Gasteiger partial charge on any atom is 0.334 e. The first-order chi connectivity index (χ1) is 18.5. The van der Waals surface area contributed by atoms with E-state index in [-0.39, 0.29) is 17.6 Å². The van der Waals surface area contributed by atoms with Gasteiger partial charge in [-0.2, -0.15) is 0 Å². The lowest BCUT2D eigenvalue weighted by atomic mass is 9.96. The maximum absolute atomic E-state index is 13.7. The van der Waals surface area contributed by atoms with E-state index in [0.717, 1.165) is 59.2 Å². The van der Waals surface area contributed by atoms with E-state index >= 15 is 0 Å². The lowest BCUT2D eigenvalue weighted by molar-refractivity contribution is -0.143. The number of nitrogens with one attached hydrogen (secondary N) is 1. The fourth-order valence-corrected chi connectivity index (χ4v) is 5.25. The monoisotopic (exact) mass is 512 g/mol. The fourth-order valence-electron chi connectivity index (χ4n) is 5.25. The van der Waals surface area contributed by atoms with Crippen LogP contribution in [0.2, 0.25) is 0 Å². The quantitative estimate of drug-likeness (QED) is 0.198. The number of tetrazole rings is 1. The second-order valence-electron chi connectivity index (χ2n) is 9.64. The van der Waals surface area contributed by atoms with Gasteiger partial charge in [0.1, 0.15) is 0 Å². The Balaban J connectivity index is 1.51. The van der Waals surface area contributed by atoms with E-state index in [2.05, 4.69) is 51.8 Å². The SMILES string of the molecule is CCCCCc1c(Cc2ccc(-c3ccccc3-c3nnn[nH]3)cc2)c(=O)n2n1C(C(=O)OC)C=CC2C. The molecular formula is C29H32N6O3. The summed E-state index contributed by atoms with van der Waals surface area (Å²) in [7, 11) is 1.39. The van der Waals surface area contributed by atoms with Crippen LogP contribution in [0, 0.1) is 0 Å². The summed E-state index contributed by atoms with van der Waals surface area (Å²) >= 11 is 0. The molecule has 2 atom stereocenters. The number of esters is 1. The molecule has 0 saturated heterocycles. The summed E-state index contributed by atoms with van der Waals surface area (Å²) < 4.78 is 8.67. The Hall–Kier alpha value is -4.27. The first-order valence-electron chi connectivity index (χ1n) is 13.1. The summed E-state index contributed by atoms with van der Waals surface area (Å²) in [6.45, 7) is 4.13. The molecule has 0 amide bonds. The van der Waals surface area contributed by atoms with E-state index in [4.69, 9.17) is 4.74 Å². The van der Waals surface area contributed by atoms with Gasteiger partial charge in [-0.1, -0.05) is 80.4 Å². The van der Waals surface area contributed by atoms with E-state index in [9.17, 15) is 9.59 Å². The summed E-state index contributed by atoms with van der Waals surface area (Å²) in [5.41, 5.74) is 5.60. The highest BCUT2D eigenvalue weighted by molar-refractivity contribution is 5.80. The van der Waals surface area contributed by atoms with Crippen molar-refractivity contribution in [3.05, 3.63) is 87.9 Å². The number of hydrogen-bond acceptors (Lipinski definition) is 6. The molecule has 196 valence electrons. The van der Waals surface area contributed by atoms with Crippen molar-refractivity contribution in [1.29, 1.82) is 0 Å². The molecule has 1 aliphatic heterocycles. The first kappa shape index (κ1) is 25.4. The number of nitrogens with zero attached hydrogens (tertiary/aromatic N) is 5. The molecule has 5 rings (SSSR count). The molecule has 0 saturated carbocycles. The van der Waals surface area contributed by atoms with Crippen LogP contribution in [-0.4, -0.2) is 43.1 Å². The van der Waals surface area contributed by atoms with Crippen LogP contribution >= 0.6 is 0 Å². The van der Waals surface area contributed by atoms with E-state index in [1.165, 1.54) is 7.11 Å². The second-order valence-corrected chi connectivity index (χ2v) is 9.64. The van der Waals surface area contributed by atoms with Crippen molar-refractivity contribution in [2.24, 2.45) is 0 Å². The van der Waals surface area contributed by atoms with Gasteiger partial charge in [-0.15, -0.1) is 5.10 Å². The first-order valence-corrected chi connectivity index (χ1v) is 13.1. The van der Waals surface area contributed by atoms with Gasteiger partial charge in [-0.25, -0.2) is 14.6 Å². The fraction of sp³-hybridized carbons (Fsp3) is 0.345. The third-order valence-electron chi connectivity index (χ3n) is 7.18. The zero-order chi connectivity index (χ0) is 26.6. The Morgan fingerprint density at radius 1 is 1.03 bits per heavy atom. The minimum Gasteiger partial charge on any atom is -0.467 e. The lowest BCUT2D eigenvalue weighted by Gasteiger charge is -2.27. The van der Waals surface area contributed by atoms with Crippen molar-refractivity contribution in [3.8, 4) is 22.5 Å². The van der Waals surface area contributed by atoms with Gasteiger partial charge in [0.25, 0.3) is 5.56 Å². The minimum absolute atomic E-state index is 0.0468. The van der Waals surface area contributed by atoms with Crippen LogP contribution in [0.5, 0.6) is 0 Å². The lowest BCUT2D eigenvalue weighted by Crippen LogP contribution is -2.35. The standard InChI is InChI=1S/C29H32N6O3/c1-4-5-6-11-25-24(28(36)34-19(2)12-17-26(35(25)34)29(37)38-3)18-20-13-15-21(16-14-20)22-9-7-8-10-23(22)27-30-32-33-31-27/h7-10,12-17,19,26H,4-6,11,18H2,1-3H3,(H,30,31,32,33). The molecule has 2 unspecified atom stereocenters. The molecule has 0 spiro atoms. The number of unbranched alkanes of at least 4 members (excludes halogenated alkanes) is 2. The number of allylic oxidation sites excluding steroid dienone is 1. The molecule has 9 heteroatoms. The third kappa shape index (κ3) is 4.71. The number of carbonyl (C=O) groups excluding carboxylic acids is 1. The molecule has 1 N–H and O–H groups in total. The van der Waals surface area contributed by atoms with Crippen LogP contribution in [0.3, 0.4) is 0 Å². The van der Waals surface area contributed by atoms with Crippen molar-refractivity contribution < 1.29 is 9.53 Å². The van der Waals surface area contributed by atoms with Crippen LogP contribution in [0.1, 0.15) is 62.0 Å². The number of carbonyl (C=O) groups is 1. The van der Waals surface area contributed by atoms with Gasteiger partial charge >= 0.3 is 5.97 Å². The number of hydrogen-bond donors (Lipinski definition) is 1. The van der Waals surface area contributed by atoms with Gasteiger partial charge in [0, 0.05) is 23.2 Å². The van der Waals surface area contributed by atoms with Crippen LogP contribution in [0.4, 0.5) is 0 Å². The highest BCUT2D eigenvalue weighted by Crippen LogP contribution is 2.31. The van der Waals surface area contributed by atoms with Gasteiger partial charge < -0.3 is 4.74 Å². The molecule has 0 fully saturated rings. The molecule has 3 heterocycles. The van der Waals surface area contributed by atoms with E-state index < -0.39 is 6.04 Å². The summed E-state index contributed by atoms with van der Waals surface area (Å²) in [6.07, 6.45) is 8.05. The van der Waals surface area contributed by atoms with Crippen molar-refractivity contribution in [2.75, 3.05) is 7.11 Å². The average molecular weight is 513 g/mol. The van der Waals surface area contributed by atoms with Gasteiger partial charge in [0.05, 0.1) is 13.2 Å². The zero-order valence-electron chi connectivity index (χ0n) is 21.9. The van der Waals surface area contributed by atoms with Crippen molar-refractivity contribution >= 4 is 5.97 Å². The molecule has 38 heavy (non-hydrogen) atoms. The van der Waals surface area contributed by atoms with Crippen molar-refractivity contribution in [1.82, 2.24) is 30.0 Å².